The van der Waals surface area contributed by atoms with Gasteiger partial charge in [-0.1, -0.05) is 0 Å². The van der Waals surface area contributed by atoms with Gasteiger partial charge in [0.2, 0.25) is 11.8 Å². The molecule has 10 nitrogen and oxygen atoms in total. The highest BCUT2D eigenvalue weighted by molar-refractivity contribution is 7.17. The summed E-state index contributed by atoms with van der Waals surface area (Å²) in [4.78, 5) is 48.0. The van der Waals surface area contributed by atoms with Gasteiger partial charge in [-0.05, 0) is 42.1 Å². The SMILES string of the molecule is O=C1CCC(NC(=O)c2nc(-c3ccc(OCCN4CCOCC4)cc3)nc3ccsc23)C(=O)N1. The molecule has 0 saturated carbocycles. The van der Waals surface area contributed by atoms with Crippen molar-refractivity contribution in [2.45, 2.75) is 18.9 Å². The van der Waals surface area contributed by atoms with Gasteiger partial charge in [0.25, 0.3) is 5.91 Å². The fraction of sp³-hybridized carbons (Fsp3) is 0.375. The summed E-state index contributed by atoms with van der Waals surface area (Å²) in [6.07, 6.45) is 0.440. The number of piperidine rings is 1. The molecule has 35 heavy (non-hydrogen) atoms. The zero-order chi connectivity index (χ0) is 24.2. The van der Waals surface area contributed by atoms with E-state index >= 15 is 0 Å². The molecule has 0 aliphatic carbocycles. The number of hydrogen-bond acceptors (Lipinski definition) is 9. The molecule has 2 aromatic heterocycles. The van der Waals surface area contributed by atoms with Crippen LogP contribution in [-0.4, -0.2) is 78.1 Å². The Bertz CT molecular complexity index is 1240. The van der Waals surface area contributed by atoms with Crippen LogP contribution in [0, 0.1) is 0 Å². The number of benzene rings is 1. The van der Waals surface area contributed by atoms with Crippen molar-refractivity contribution in [3.63, 3.8) is 0 Å². The van der Waals surface area contributed by atoms with Crippen LogP contribution in [0.4, 0.5) is 0 Å². The van der Waals surface area contributed by atoms with Gasteiger partial charge in [0.1, 0.15) is 24.1 Å². The number of nitrogens with one attached hydrogen (secondary N) is 2. The van der Waals surface area contributed by atoms with Crippen molar-refractivity contribution in [3.8, 4) is 17.1 Å². The molecule has 5 rings (SSSR count). The van der Waals surface area contributed by atoms with E-state index in [1.807, 2.05) is 35.7 Å². The van der Waals surface area contributed by atoms with Crippen LogP contribution < -0.4 is 15.4 Å². The largest absolute Gasteiger partial charge is 0.492 e. The molecule has 4 heterocycles. The second-order valence-corrected chi connectivity index (χ2v) is 9.25. The molecule has 2 saturated heterocycles. The van der Waals surface area contributed by atoms with Crippen molar-refractivity contribution in [2.24, 2.45) is 0 Å². The maximum atomic E-state index is 13.0. The number of aromatic nitrogens is 2. The van der Waals surface area contributed by atoms with Gasteiger partial charge in [-0.2, -0.15) is 0 Å². The number of rotatable bonds is 7. The van der Waals surface area contributed by atoms with Crippen LogP contribution in [0.3, 0.4) is 0 Å². The lowest BCUT2D eigenvalue weighted by Crippen LogP contribution is -2.52. The number of fused-ring (bicyclic) bond motifs is 1. The fourth-order valence-electron chi connectivity index (χ4n) is 4.02. The molecule has 2 N–H and O–H groups in total. The zero-order valence-corrected chi connectivity index (χ0v) is 19.8. The number of carbonyl (C=O) groups excluding carboxylic acids is 3. The minimum absolute atomic E-state index is 0.182. The van der Waals surface area contributed by atoms with E-state index < -0.39 is 17.9 Å². The summed E-state index contributed by atoms with van der Waals surface area (Å²) in [6, 6.07) is 8.50. The highest BCUT2D eigenvalue weighted by Gasteiger charge is 2.29. The molecule has 0 radical (unpaired) electrons. The second kappa shape index (κ2) is 10.5. The van der Waals surface area contributed by atoms with Gasteiger partial charge in [-0.25, -0.2) is 9.97 Å². The second-order valence-electron chi connectivity index (χ2n) is 8.33. The van der Waals surface area contributed by atoms with E-state index in [-0.39, 0.29) is 24.4 Å². The number of nitrogens with zero attached hydrogens (tertiary/aromatic N) is 3. The number of carbonyl (C=O) groups is 3. The number of imide groups is 1. The number of amides is 3. The standard InChI is InChI=1S/C24H25N5O5S/c30-19-6-5-18(23(31)27-19)26-24(32)20-21-17(7-14-35-21)25-22(28-20)15-1-3-16(4-2-15)34-13-10-29-8-11-33-12-9-29/h1-4,7,14,18H,5-6,8-13H2,(H,26,32)(H,27,30,31). The number of hydrogen-bond donors (Lipinski definition) is 2. The monoisotopic (exact) mass is 495 g/mol. The third-order valence-electron chi connectivity index (χ3n) is 5.96. The molecule has 0 spiro atoms. The van der Waals surface area contributed by atoms with Crippen molar-refractivity contribution in [3.05, 3.63) is 41.4 Å². The van der Waals surface area contributed by atoms with Crippen LogP contribution in [0.1, 0.15) is 23.3 Å². The van der Waals surface area contributed by atoms with Crippen LogP contribution in [0.2, 0.25) is 0 Å². The van der Waals surface area contributed by atoms with Gasteiger partial charge in [-0.15, -0.1) is 11.3 Å². The Morgan fingerprint density at radius 3 is 2.74 bits per heavy atom. The van der Waals surface area contributed by atoms with Gasteiger partial charge < -0.3 is 14.8 Å². The van der Waals surface area contributed by atoms with Crippen LogP contribution in [0.15, 0.2) is 35.7 Å². The first-order valence-corrected chi connectivity index (χ1v) is 12.4. The Morgan fingerprint density at radius 1 is 1.17 bits per heavy atom. The van der Waals surface area contributed by atoms with Crippen LogP contribution >= 0.6 is 11.3 Å². The number of thiophene rings is 1. The third-order valence-corrected chi connectivity index (χ3v) is 6.87. The molecule has 3 amide bonds. The van der Waals surface area contributed by atoms with Gasteiger partial charge >= 0.3 is 0 Å². The molecule has 2 aliphatic rings. The number of ether oxygens (including phenoxy) is 2. The highest BCUT2D eigenvalue weighted by Crippen LogP contribution is 2.27. The predicted octanol–water partition coefficient (Wildman–Crippen LogP) is 1.60. The Balaban J connectivity index is 1.29. The van der Waals surface area contributed by atoms with Gasteiger partial charge in [0.05, 0.1) is 23.4 Å². The summed E-state index contributed by atoms with van der Waals surface area (Å²) in [5.74, 6) is -0.160. The highest BCUT2D eigenvalue weighted by atomic mass is 32.1. The molecule has 2 aliphatic heterocycles. The van der Waals surface area contributed by atoms with Crippen molar-refractivity contribution < 1.29 is 23.9 Å². The van der Waals surface area contributed by atoms with Gasteiger partial charge in [0, 0.05) is 31.6 Å². The molecule has 11 heteroatoms. The van der Waals surface area contributed by atoms with E-state index in [4.69, 9.17) is 9.47 Å². The average Bonchev–Trinajstić information content (AvgIpc) is 3.35. The summed E-state index contributed by atoms with van der Waals surface area (Å²) < 4.78 is 11.9. The first-order valence-electron chi connectivity index (χ1n) is 11.5. The van der Waals surface area contributed by atoms with Crippen LogP contribution in [0.25, 0.3) is 21.6 Å². The lowest BCUT2D eigenvalue weighted by molar-refractivity contribution is -0.134. The Hall–Kier alpha value is -3.41. The smallest absolute Gasteiger partial charge is 0.272 e. The zero-order valence-electron chi connectivity index (χ0n) is 19.0. The van der Waals surface area contributed by atoms with E-state index in [1.165, 1.54) is 11.3 Å². The number of morpholine rings is 1. The predicted molar refractivity (Wildman–Crippen MR) is 129 cm³/mol. The molecule has 1 aromatic carbocycles. The molecular formula is C24H25N5O5S. The summed E-state index contributed by atoms with van der Waals surface area (Å²) in [6.45, 7) is 4.79. The molecule has 0 bridgehead atoms. The fourth-order valence-corrected chi connectivity index (χ4v) is 4.84. The van der Waals surface area contributed by atoms with Gasteiger partial charge in [0.15, 0.2) is 5.82 Å². The molecule has 1 atom stereocenters. The topological polar surface area (TPSA) is 123 Å². The Morgan fingerprint density at radius 2 is 1.97 bits per heavy atom. The Kier molecular flexibility index (Phi) is 6.98. The van der Waals surface area contributed by atoms with E-state index in [9.17, 15) is 14.4 Å². The van der Waals surface area contributed by atoms with Gasteiger partial charge in [-0.3, -0.25) is 24.6 Å². The summed E-state index contributed by atoms with van der Waals surface area (Å²) in [5.41, 5.74) is 1.60. The molecular weight excluding hydrogens is 470 g/mol. The summed E-state index contributed by atoms with van der Waals surface area (Å²) in [7, 11) is 0. The van der Waals surface area contributed by atoms with Crippen molar-refractivity contribution in [1.29, 1.82) is 0 Å². The van der Waals surface area contributed by atoms with Crippen LogP contribution in [0.5, 0.6) is 5.75 Å². The first kappa shape index (κ1) is 23.3. The van der Waals surface area contributed by atoms with E-state index in [2.05, 4.69) is 25.5 Å². The van der Waals surface area contributed by atoms with Crippen molar-refractivity contribution in [1.82, 2.24) is 25.5 Å². The molecule has 3 aromatic rings. The quantitative estimate of drug-likeness (QED) is 0.474. The summed E-state index contributed by atoms with van der Waals surface area (Å²) >= 11 is 1.36. The van der Waals surface area contributed by atoms with Crippen molar-refractivity contribution >= 4 is 39.3 Å². The maximum Gasteiger partial charge on any atom is 0.272 e. The van der Waals surface area contributed by atoms with Crippen LogP contribution in [-0.2, 0) is 14.3 Å². The first-order chi connectivity index (χ1) is 17.1. The lowest BCUT2D eigenvalue weighted by Gasteiger charge is -2.26. The van der Waals surface area contributed by atoms with E-state index in [1.54, 1.807) is 0 Å². The van der Waals surface area contributed by atoms with E-state index in [0.717, 1.165) is 44.2 Å². The maximum absolute atomic E-state index is 13.0. The molecule has 2 fully saturated rings. The lowest BCUT2D eigenvalue weighted by atomic mass is 10.1. The normalized spacial score (nSPS) is 18.9. The van der Waals surface area contributed by atoms with E-state index in [0.29, 0.717) is 22.6 Å². The third kappa shape index (κ3) is 5.47. The average molecular weight is 496 g/mol. The Labute approximate surface area is 205 Å². The molecule has 182 valence electrons. The molecule has 1 unspecified atom stereocenters. The summed E-state index contributed by atoms with van der Waals surface area (Å²) in [5, 5.41) is 6.80. The minimum atomic E-state index is -0.775. The van der Waals surface area contributed by atoms with Crippen molar-refractivity contribution in [2.75, 3.05) is 39.5 Å². The minimum Gasteiger partial charge on any atom is -0.492 e.